The molecule has 10 nitrogen and oxygen atoms in total. The Morgan fingerprint density at radius 2 is 1.43 bits per heavy atom. The molecule has 1 aliphatic carbocycles. The second-order valence-corrected chi connectivity index (χ2v) is 14.3. The first-order valence-corrected chi connectivity index (χ1v) is 15.3. The van der Waals surface area contributed by atoms with Crippen molar-refractivity contribution in [2.24, 2.45) is 0 Å². The Labute approximate surface area is 331 Å². The van der Waals surface area contributed by atoms with Gasteiger partial charge in [-0.25, -0.2) is 16.8 Å². The summed E-state index contributed by atoms with van der Waals surface area (Å²) in [6.45, 7) is 7.38. The van der Waals surface area contributed by atoms with E-state index in [1.54, 1.807) is 24.1 Å². The first-order valence-electron chi connectivity index (χ1n) is 12.5. The molecule has 2 aromatic carbocycles. The number of allylic oxidation sites excluding steroid dienone is 4. The van der Waals surface area contributed by atoms with Crippen molar-refractivity contribution in [1.82, 2.24) is 0 Å². The molecular formula is C28H28K2N2O8S2. The summed E-state index contributed by atoms with van der Waals surface area (Å²) in [6.07, 6.45) is 3.14. The molecule has 42 heavy (non-hydrogen) atoms. The smallest absolute Gasteiger partial charge is 0.871 e. The number of hydrogen-bond acceptors (Lipinski definition) is 9. The summed E-state index contributed by atoms with van der Waals surface area (Å²) < 4.78 is 69.5. The van der Waals surface area contributed by atoms with Crippen LogP contribution in [0.15, 0.2) is 80.9 Å². The van der Waals surface area contributed by atoms with Gasteiger partial charge in [-0.1, -0.05) is 19.6 Å². The number of carbonyl (C=O) groups is 1. The molecule has 5 rings (SSSR count). The minimum atomic E-state index is -4.66. The van der Waals surface area contributed by atoms with Crippen molar-refractivity contribution < 1.29 is 144 Å². The SMILES string of the molecule is CN1/C(=C/C2=C([O-])C(=C\C3[NH+](C)c4ccc(S(=O)(=O)[O-])cc4C3(C)C)/C2=O)C(C)(C)c2cc(S(=O)(=O)[O-])ccc21.[K+].[K+]. The van der Waals surface area contributed by atoms with Gasteiger partial charge in [-0.3, -0.25) is 9.69 Å². The van der Waals surface area contributed by atoms with Crippen molar-refractivity contribution in [3.63, 3.8) is 0 Å². The normalized spacial score (nSPS) is 24.2. The molecule has 2 heterocycles. The summed E-state index contributed by atoms with van der Waals surface area (Å²) in [6, 6.07) is 7.93. The molecule has 2 atom stereocenters. The van der Waals surface area contributed by atoms with Crippen molar-refractivity contribution in [3.8, 4) is 0 Å². The zero-order valence-corrected chi connectivity index (χ0v) is 32.6. The fraction of sp³-hybridized carbons (Fsp3) is 0.321. The van der Waals surface area contributed by atoms with Gasteiger partial charge in [-0.2, -0.15) is 0 Å². The number of quaternary nitrogens is 1. The number of Topliss-reactive ketones (excluding diaryl/α,β-unsaturated/α-hetero) is 1. The van der Waals surface area contributed by atoms with Crippen LogP contribution in [0.25, 0.3) is 0 Å². The van der Waals surface area contributed by atoms with Gasteiger partial charge in [0.2, 0.25) is 0 Å². The third kappa shape index (κ3) is 5.84. The monoisotopic (exact) mass is 662 g/mol. The molecule has 0 spiro atoms. The maximum absolute atomic E-state index is 13.3. The van der Waals surface area contributed by atoms with Crippen LogP contribution >= 0.6 is 0 Å². The zero-order chi connectivity index (χ0) is 29.7. The number of nitrogens with zero attached hydrogens (tertiary/aromatic N) is 1. The number of carbonyl (C=O) groups excluding carboxylic acids is 1. The van der Waals surface area contributed by atoms with Gasteiger partial charge < -0.3 is 19.1 Å². The molecule has 1 N–H and O–H groups in total. The summed E-state index contributed by atoms with van der Waals surface area (Å²) in [7, 11) is -5.72. The third-order valence-electron chi connectivity index (χ3n) is 8.53. The predicted octanol–water partition coefficient (Wildman–Crippen LogP) is -5.26. The van der Waals surface area contributed by atoms with E-state index in [2.05, 4.69) is 0 Å². The van der Waals surface area contributed by atoms with E-state index in [9.17, 15) is 35.8 Å². The summed E-state index contributed by atoms with van der Waals surface area (Å²) in [5, 5.41) is 13.3. The average Bonchev–Trinajstić information content (AvgIpc) is 3.16. The van der Waals surface area contributed by atoms with Crippen molar-refractivity contribution in [3.05, 3.63) is 82.3 Å². The van der Waals surface area contributed by atoms with Gasteiger partial charge in [0.05, 0.1) is 22.3 Å². The van der Waals surface area contributed by atoms with Gasteiger partial charge >= 0.3 is 103 Å². The number of hydrogen-bond donors (Lipinski definition) is 1. The number of fused-ring (bicyclic) bond motifs is 2. The Kier molecular flexibility index (Phi) is 10.4. The van der Waals surface area contributed by atoms with E-state index >= 15 is 0 Å². The minimum Gasteiger partial charge on any atom is -0.871 e. The molecule has 0 amide bonds. The molecular weight excluding hydrogens is 635 g/mol. The van der Waals surface area contributed by atoms with E-state index in [-0.39, 0.29) is 130 Å². The number of likely N-dealkylation sites (N-methyl/N-ethyl adjacent to an activating group) is 2. The molecule has 3 aliphatic rings. The van der Waals surface area contributed by atoms with Crippen LogP contribution in [0.1, 0.15) is 38.8 Å². The topological polar surface area (TPSA) is 162 Å². The largest absolute Gasteiger partial charge is 1.00 e. The van der Waals surface area contributed by atoms with Crippen molar-refractivity contribution in [1.29, 1.82) is 0 Å². The van der Waals surface area contributed by atoms with Crippen LogP contribution < -0.4 is 118 Å². The summed E-state index contributed by atoms with van der Waals surface area (Å²) >= 11 is 0. The van der Waals surface area contributed by atoms with Gasteiger partial charge in [-0.05, 0) is 61.9 Å². The van der Waals surface area contributed by atoms with E-state index in [0.717, 1.165) is 10.6 Å². The van der Waals surface area contributed by atoms with Crippen LogP contribution in [0.3, 0.4) is 0 Å². The molecule has 0 saturated carbocycles. The van der Waals surface area contributed by atoms with Crippen LogP contribution in [0, 0.1) is 0 Å². The number of nitrogens with one attached hydrogen (secondary N) is 1. The van der Waals surface area contributed by atoms with Crippen LogP contribution in [-0.2, 0) is 35.9 Å². The molecule has 2 aromatic rings. The minimum absolute atomic E-state index is 0. The standard InChI is InChI=1S/C28H30N2O8S2.2K/c1-27(2)19-11-15(39(33,34)35)7-9-21(19)29(5)23(27)13-17-25(31)18(26(17)32)14-24-28(3,4)20-12-16(40(36,37)38)8-10-22(20)30(24)6;;/h7-14,23,31H,1-6H3,(H,33,34,35)(H,36,37,38);;/q;2*+1/p-2/b17-13+,24-14+;;. The zero-order valence-electron chi connectivity index (χ0n) is 24.7. The third-order valence-corrected chi connectivity index (χ3v) is 10.2. The Morgan fingerprint density at radius 3 is 1.95 bits per heavy atom. The van der Waals surface area contributed by atoms with Gasteiger partial charge in [0.1, 0.15) is 32.0 Å². The summed E-state index contributed by atoms with van der Waals surface area (Å²) in [5.74, 6) is -0.856. The molecule has 14 heteroatoms. The number of rotatable bonds is 4. The number of anilines is 1. The van der Waals surface area contributed by atoms with Crippen LogP contribution in [0.2, 0.25) is 0 Å². The predicted molar refractivity (Wildman–Crippen MR) is 142 cm³/mol. The molecule has 0 fully saturated rings. The van der Waals surface area contributed by atoms with Gasteiger partial charge in [0.15, 0.2) is 5.78 Å². The Hall–Kier alpha value is -0.0173. The van der Waals surface area contributed by atoms with Gasteiger partial charge in [0.25, 0.3) is 0 Å². The molecule has 0 radical (unpaired) electrons. The van der Waals surface area contributed by atoms with Gasteiger partial charge in [0, 0.05) is 46.6 Å². The Balaban J connectivity index is 0.00000242. The molecule has 0 aromatic heterocycles. The van der Waals surface area contributed by atoms with Crippen LogP contribution in [0.4, 0.5) is 11.4 Å². The molecule has 0 saturated heterocycles. The molecule has 2 unspecified atom stereocenters. The van der Waals surface area contributed by atoms with Crippen LogP contribution in [0.5, 0.6) is 0 Å². The quantitative estimate of drug-likeness (QED) is 0.192. The van der Waals surface area contributed by atoms with Crippen molar-refractivity contribution >= 4 is 37.4 Å². The summed E-state index contributed by atoms with van der Waals surface area (Å²) in [5.41, 5.74) is 1.82. The summed E-state index contributed by atoms with van der Waals surface area (Å²) in [4.78, 5) is 15.2. The second-order valence-electron chi connectivity index (χ2n) is 11.5. The molecule has 2 aliphatic heterocycles. The first-order chi connectivity index (χ1) is 18.3. The van der Waals surface area contributed by atoms with E-state index in [4.69, 9.17) is 0 Å². The van der Waals surface area contributed by atoms with Crippen LogP contribution in [-0.4, -0.2) is 51.9 Å². The molecule has 212 valence electrons. The van der Waals surface area contributed by atoms with E-state index < -0.39 is 42.6 Å². The van der Waals surface area contributed by atoms with E-state index in [0.29, 0.717) is 22.5 Å². The fourth-order valence-corrected chi connectivity index (χ4v) is 7.21. The second kappa shape index (κ2) is 12.0. The van der Waals surface area contributed by atoms with E-state index in [1.165, 1.54) is 36.4 Å². The number of ketones is 1. The maximum atomic E-state index is 13.3. The van der Waals surface area contributed by atoms with Crippen molar-refractivity contribution in [2.45, 2.75) is 54.4 Å². The van der Waals surface area contributed by atoms with Gasteiger partial charge in [-0.15, -0.1) is 0 Å². The number of benzene rings is 2. The fourth-order valence-electron chi connectivity index (χ4n) is 6.21. The Bertz CT molecular complexity index is 1830. The maximum Gasteiger partial charge on any atom is 1.00 e. The first kappa shape index (κ1) is 36.5. The average molecular weight is 663 g/mol. The Morgan fingerprint density at radius 1 is 0.905 bits per heavy atom. The van der Waals surface area contributed by atoms with Crippen molar-refractivity contribution in [2.75, 3.05) is 19.0 Å². The molecule has 0 bridgehead atoms. The van der Waals surface area contributed by atoms with E-state index in [1.807, 2.05) is 34.7 Å².